The van der Waals surface area contributed by atoms with Crippen molar-refractivity contribution in [3.05, 3.63) is 180 Å². The van der Waals surface area contributed by atoms with Gasteiger partial charge in [0.05, 0.1) is 16.7 Å². The number of nitrogens with zero attached hydrogens (tertiary/aromatic N) is 2. The van der Waals surface area contributed by atoms with Crippen molar-refractivity contribution in [2.75, 3.05) is 4.90 Å². The van der Waals surface area contributed by atoms with Gasteiger partial charge in [0.1, 0.15) is 0 Å². The summed E-state index contributed by atoms with van der Waals surface area (Å²) in [6, 6.07) is 58.8. The maximum atomic E-state index is 2.61. The van der Waals surface area contributed by atoms with Gasteiger partial charge < -0.3 is 9.47 Å². The maximum absolute atomic E-state index is 2.61. The molecular formula is C50H38N2. The van der Waals surface area contributed by atoms with Gasteiger partial charge in [-0.1, -0.05) is 131 Å². The number of hydrogen-bond acceptors (Lipinski definition) is 1. The molecule has 0 N–H and O–H groups in total. The lowest BCUT2D eigenvalue weighted by molar-refractivity contribution is 0.594. The first kappa shape index (κ1) is 29.6. The van der Waals surface area contributed by atoms with Crippen LogP contribution >= 0.6 is 0 Å². The molecule has 0 saturated carbocycles. The molecule has 0 radical (unpaired) electrons. The smallest absolute Gasteiger partial charge is 0.0582 e. The van der Waals surface area contributed by atoms with Crippen LogP contribution in [0, 0.1) is 0 Å². The van der Waals surface area contributed by atoms with Crippen molar-refractivity contribution < 1.29 is 0 Å². The summed E-state index contributed by atoms with van der Waals surface area (Å²) < 4.78 is 2.61. The molecule has 8 aromatic carbocycles. The van der Waals surface area contributed by atoms with Crippen LogP contribution in [0.25, 0.3) is 60.2 Å². The summed E-state index contributed by atoms with van der Waals surface area (Å²) in [7, 11) is 0. The zero-order chi connectivity index (χ0) is 34.9. The Labute approximate surface area is 304 Å². The molecule has 9 aromatic rings. The molecule has 11 rings (SSSR count). The van der Waals surface area contributed by atoms with E-state index in [0.717, 1.165) is 17.1 Å². The third-order valence-electron chi connectivity index (χ3n) is 12.3. The highest BCUT2D eigenvalue weighted by Gasteiger charge is 2.43. The first-order valence-electron chi connectivity index (χ1n) is 18.4. The van der Waals surface area contributed by atoms with E-state index in [1.807, 2.05) is 0 Å². The van der Waals surface area contributed by atoms with Crippen molar-refractivity contribution in [1.29, 1.82) is 0 Å². The second-order valence-electron chi connectivity index (χ2n) is 15.9. The first-order chi connectivity index (χ1) is 25.3. The number of para-hydroxylation sites is 3. The number of benzene rings is 8. The number of rotatable bonds is 4. The molecular weight excluding hydrogens is 629 g/mol. The van der Waals surface area contributed by atoms with Gasteiger partial charge in [-0.15, -0.1) is 0 Å². The zero-order valence-electron chi connectivity index (χ0n) is 29.9. The molecule has 3 heterocycles. The van der Waals surface area contributed by atoms with E-state index in [2.05, 4.69) is 195 Å². The van der Waals surface area contributed by atoms with Gasteiger partial charge in [-0.25, -0.2) is 0 Å². The fraction of sp³-hybridized carbons (Fsp3) is 0.120. The predicted octanol–water partition coefficient (Wildman–Crippen LogP) is 13.5. The van der Waals surface area contributed by atoms with E-state index in [1.54, 1.807) is 0 Å². The zero-order valence-corrected chi connectivity index (χ0v) is 29.9. The molecule has 0 fully saturated rings. The molecule has 0 amide bonds. The normalized spacial score (nSPS) is 14.8. The Morgan fingerprint density at radius 3 is 1.73 bits per heavy atom. The largest absolute Gasteiger partial charge is 0.310 e. The lowest BCUT2D eigenvalue weighted by Crippen LogP contribution is -2.33. The Balaban J connectivity index is 1.08. The average molecular weight is 667 g/mol. The molecule has 0 unspecified atom stereocenters. The van der Waals surface area contributed by atoms with Crippen LogP contribution in [-0.4, -0.2) is 4.57 Å². The molecule has 1 aromatic heterocycles. The molecule has 2 aliphatic heterocycles. The highest BCUT2D eigenvalue weighted by Crippen LogP contribution is 2.55. The van der Waals surface area contributed by atoms with Gasteiger partial charge in [-0.2, -0.15) is 0 Å². The fourth-order valence-electron chi connectivity index (χ4n) is 9.54. The average Bonchev–Trinajstić information content (AvgIpc) is 3.51. The molecule has 0 atom stereocenters. The lowest BCUT2D eigenvalue weighted by atomic mass is 9.68. The maximum Gasteiger partial charge on any atom is 0.0582 e. The summed E-state index contributed by atoms with van der Waals surface area (Å²) in [6.45, 7) is 9.63. The lowest BCUT2D eigenvalue weighted by Gasteiger charge is -2.42. The Morgan fingerprint density at radius 2 is 0.962 bits per heavy atom. The quantitative estimate of drug-likeness (QED) is 0.181. The Morgan fingerprint density at radius 1 is 0.385 bits per heavy atom. The van der Waals surface area contributed by atoms with E-state index in [1.165, 1.54) is 82.4 Å². The summed E-state index contributed by atoms with van der Waals surface area (Å²) in [5, 5.41) is 7.64. The van der Waals surface area contributed by atoms with Gasteiger partial charge in [-0.3, -0.25) is 0 Å². The van der Waals surface area contributed by atoms with Gasteiger partial charge in [0.15, 0.2) is 0 Å². The standard InChI is InChI=1S/C50H38N2/c1-49(2)42-17-10-16-40-41-29-36(30-45-47(41)52(46(40)42)48-43(49)18-11-19-44(48)50(45,3)4)34-20-21-35-28-39(25-23-33(35)26-34)51(37-14-6-5-7-15-37)38-24-22-31-12-8-9-13-32(31)27-38/h5-30H,1-4H3. The topological polar surface area (TPSA) is 8.17 Å². The fourth-order valence-corrected chi connectivity index (χ4v) is 9.54. The van der Waals surface area contributed by atoms with E-state index in [4.69, 9.17) is 0 Å². The van der Waals surface area contributed by atoms with Crippen LogP contribution in [0.2, 0.25) is 0 Å². The second-order valence-corrected chi connectivity index (χ2v) is 15.9. The highest BCUT2D eigenvalue weighted by molar-refractivity contribution is 6.15. The number of aromatic nitrogens is 1. The molecule has 2 heteroatoms. The summed E-state index contributed by atoms with van der Waals surface area (Å²) in [6.07, 6.45) is 0. The van der Waals surface area contributed by atoms with Gasteiger partial charge in [0, 0.05) is 38.7 Å². The van der Waals surface area contributed by atoms with Gasteiger partial charge in [0.2, 0.25) is 0 Å². The van der Waals surface area contributed by atoms with Crippen LogP contribution in [0.4, 0.5) is 17.1 Å². The van der Waals surface area contributed by atoms with Gasteiger partial charge >= 0.3 is 0 Å². The highest BCUT2D eigenvalue weighted by atomic mass is 15.1. The molecule has 2 aliphatic rings. The van der Waals surface area contributed by atoms with Crippen molar-refractivity contribution in [3.63, 3.8) is 0 Å². The third-order valence-corrected chi connectivity index (χ3v) is 12.3. The van der Waals surface area contributed by atoms with Crippen LogP contribution in [0.15, 0.2) is 158 Å². The molecule has 0 spiro atoms. The SMILES string of the molecule is CC1(C)c2cccc3c2-n2c4c1cccc4c1cc(-c4ccc5cc(N(c6ccccc6)c6ccc7ccccc7c6)ccc5c4)cc(c12)C3(C)C. The Bertz CT molecular complexity index is 2960. The van der Waals surface area contributed by atoms with Crippen LogP contribution in [0.5, 0.6) is 0 Å². The molecule has 0 saturated heterocycles. The van der Waals surface area contributed by atoms with Crippen LogP contribution < -0.4 is 4.90 Å². The molecule has 248 valence electrons. The van der Waals surface area contributed by atoms with Crippen molar-refractivity contribution in [2.24, 2.45) is 0 Å². The molecule has 52 heavy (non-hydrogen) atoms. The van der Waals surface area contributed by atoms with Crippen LogP contribution in [0.1, 0.15) is 49.9 Å². The van der Waals surface area contributed by atoms with Crippen LogP contribution in [0.3, 0.4) is 0 Å². The summed E-state index contributed by atoms with van der Waals surface area (Å²) >= 11 is 0. The number of hydrogen-bond donors (Lipinski definition) is 0. The first-order valence-corrected chi connectivity index (χ1v) is 18.4. The van der Waals surface area contributed by atoms with Gasteiger partial charge in [-0.05, 0) is 110 Å². The minimum Gasteiger partial charge on any atom is -0.310 e. The predicted molar refractivity (Wildman–Crippen MR) is 220 cm³/mol. The van der Waals surface area contributed by atoms with E-state index in [-0.39, 0.29) is 10.8 Å². The summed E-state index contributed by atoms with van der Waals surface area (Å²) in [5.74, 6) is 0. The minimum absolute atomic E-state index is 0.0762. The van der Waals surface area contributed by atoms with E-state index < -0.39 is 0 Å². The third kappa shape index (κ3) is 3.90. The van der Waals surface area contributed by atoms with Crippen molar-refractivity contribution >= 4 is 60.4 Å². The number of fused-ring (bicyclic) bond motifs is 3. The monoisotopic (exact) mass is 666 g/mol. The minimum atomic E-state index is -0.146. The summed E-state index contributed by atoms with van der Waals surface area (Å²) in [5.41, 5.74) is 15.5. The second kappa shape index (κ2) is 10.2. The van der Waals surface area contributed by atoms with Crippen molar-refractivity contribution in [2.45, 2.75) is 38.5 Å². The Hall–Kier alpha value is -6.12. The van der Waals surface area contributed by atoms with Crippen molar-refractivity contribution in [3.8, 4) is 16.8 Å². The van der Waals surface area contributed by atoms with E-state index >= 15 is 0 Å². The molecule has 2 nitrogen and oxygen atoms in total. The van der Waals surface area contributed by atoms with Gasteiger partial charge in [0.25, 0.3) is 0 Å². The summed E-state index contributed by atoms with van der Waals surface area (Å²) in [4.78, 5) is 2.36. The van der Waals surface area contributed by atoms with E-state index in [0.29, 0.717) is 0 Å². The molecule has 0 bridgehead atoms. The van der Waals surface area contributed by atoms with E-state index in [9.17, 15) is 0 Å². The van der Waals surface area contributed by atoms with Crippen LogP contribution in [-0.2, 0) is 10.8 Å². The number of anilines is 3. The molecule has 0 aliphatic carbocycles. The van der Waals surface area contributed by atoms with Crippen molar-refractivity contribution in [1.82, 2.24) is 4.57 Å². The Kier molecular flexibility index (Phi) is 5.83.